The van der Waals surface area contributed by atoms with Crippen LogP contribution < -0.4 is 10.6 Å². The number of benzene rings is 1. The number of likely N-dealkylation sites (tertiary alicyclic amines) is 1. The third-order valence-corrected chi connectivity index (χ3v) is 5.35. The molecular weight excluding hydrogens is 392 g/mol. The number of carbonyl (C=O) groups is 4. The van der Waals surface area contributed by atoms with E-state index in [2.05, 4.69) is 15.6 Å². The summed E-state index contributed by atoms with van der Waals surface area (Å²) in [6, 6.07) is 7.61. The maximum absolute atomic E-state index is 12.1. The second-order valence-corrected chi connectivity index (χ2v) is 7.68. The minimum absolute atomic E-state index is 0.0438. The average Bonchev–Trinajstić information content (AvgIpc) is 3.26. The van der Waals surface area contributed by atoms with E-state index in [1.165, 1.54) is 18.3 Å². The van der Waals surface area contributed by atoms with E-state index in [0.717, 1.165) is 21.7 Å². The van der Waals surface area contributed by atoms with Crippen molar-refractivity contribution in [2.24, 2.45) is 0 Å². The standard InChI is InChI=1S/C20H22N4O4S/c1-12(21-13(2)25)14-3-5-15(6-4-14)16-11-29-20(22-16)23-17(26)9-10-24-18(27)7-8-19(24)28/h3-6,11-12H,7-10H2,1-2H3,(H,21,25)(H,22,23,26). The van der Waals surface area contributed by atoms with Crippen LogP contribution in [0, 0.1) is 0 Å². The molecule has 2 heterocycles. The molecule has 0 spiro atoms. The molecule has 1 aromatic carbocycles. The first-order valence-electron chi connectivity index (χ1n) is 9.29. The van der Waals surface area contributed by atoms with Crippen LogP contribution in [0.5, 0.6) is 0 Å². The fraction of sp³-hybridized carbons (Fsp3) is 0.350. The van der Waals surface area contributed by atoms with Gasteiger partial charge in [-0.25, -0.2) is 4.98 Å². The van der Waals surface area contributed by atoms with Crippen LogP contribution in [-0.2, 0) is 19.2 Å². The molecule has 1 saturated heterocycles. The van der Waals surface area contributed by atoms with Crippen molar-refractivity contribution in [3.63, 3.8) is 0 Å². The molecule has 1 aromatic heterocycles. The largest absolute Gasteiger partial charge is 0.350 e. The summed E-state index contributed by atoms with van der Waals surface area (Å²) in [7, 11) is 0. The second-order valence-electron chi connectivity index (χ2n) is 6.82. The molecule has 8 nitrogen and oxygen atoms in total. The van der Waals surface area contributed by atoms with Crippen LogP contribution in [0.4, 0.5) is 5.13 Å². The van der Waals surface area contributed by atoms with Crippen LogP contribution in [0.3, 0.4) is 0 Å². The number of rotatable bonds is 7. The number of anilines is 1. The van der Waals surface area contributed by atoms with E-state index >= 15 is 0 Å². The molecule has 1 atom stereocenters. The van der Waals surface area contributed by atoms with Gasteiger partial charge in [0.15, 0.2) is 5.13 Å². The Kier molecular flexibility index (Phi) is 6.38. The van der Waals surface area contributed by atoms with E-state index in [1.807, 2.05) is 36.6 Å². The van der Waals surface area contributed by atoms with Gasteiger partial charge < -0.3 is 10.6 Å². The summed E-state index contributed by atoms with van der Waals surface area (Å²) in [4.78, 5) is 52.0. The normalized spacial score (nSPS) is 14.8. The monoisotopic (exact) mass is 414 g/mol. The molecule has 0 saturated carbocycles. The molecule has 0 radical (unpaired) electrons. The van der Waals surface area contributed by atoms with Gasteiger partial charge in [0, 0.05) is 43.7 Å². The van der Waals surface area contributed by atoms with Gasteiger partial charge in [-0.15, -0.1) is 11.3 Å². The van der Waals surface area contributed by atoms with Gasteiger partial charge in [-0.2, -0.15) is 0 Å². The molecule has 152 valence electrons. The zero-order valence-corrected chi connectivity index (χ0v) is 17.0. The van der Waals surface area contributed by atoms with E-state index in [-0.39, 0.29) is 55.5 Å². The minimum Gasteiger partial charge on any atom is -0.350 e. The highest BCUT2D eigenvalue weighted by Gasteiger charge is 2.28. The Balaban J connectivity index is 1.56. The molecule has 4 amide bonds. The number of aromatic nitrogens is 1. The number of nitrogens with one attached hydrogen (secondary N) is 2. The van der Waals surface area contributed by atoms with Crippen molar-refractivity contribution in [1.29, 1.82) is 0 Å². The lowest BCUT2D eigenvalue weighted by Crippen LogP contribution is -2.32. The van der Waals surface area contributed by atoms with Gasteiger partial charge in [-0.3, -0.25) is 24.1 Å². The van der Waals surface area contributed by atoms with Crippen molar-refractivity contribution in [2.45, 2.75) is 39.2 Å². The first kappa shape index (κ1) is 20.7. The van der Waals surface area contributed by atoms with Crippen LogP contribution >= 0.6 is 11.3 Å². The van der Waals surface area contributed by atoms with Gasteiger partial charge in [0.25, 0.3) is 0 Å². The number of imide groups is 1. The highest BCUT2D eigenvalue weighted by Crippen LogP contribution is 2.26. The van der Waals surface area contributed by atoms with E-state index < -0.39 is 0 Å². The van der Waals surface area contributed by atoms with Crippen LogP contribution in [-0.4, -0.2) is 40.1 Å². The third-order valence-electron chi connectivity index (χ3n) is 4.59. The van der Waals surface area contributed by atoms with Crippen LogP contribution in [0.15, 0.2) is 29.6 Å². The minimum atomic E-state index is -0.294. The first-order valence-corrected chi connectivity index (χ1v) is 10.2. The van der Waals surface area contributed by atoms with Crippen molar-refractivity contribution in [1.82, 2.24) is 15.2 Å². The number of carbonyl (C=O) groups excluding carboxylic acids is 4. The smallest absolute Gasteiger partial charge is 0.229 e. The predicted octanol–water partition coefficient (Wildman–Crippen LogP) is 2.48. The zero-order valence-electron chi connectivity index (χ0n) is 16.2. The Bertz CT molecular complexity index is 922. The van der Waals surface area contributed by atoms with Gasteiger partial charge in [0.1, 0.15) is 0 Å². The third kappa shape index (κ3) is 5.26. The Labute approximate surface area is 172 Å². The molecule has 3 rings (SSSR count). The second kappa shape index (κ2) is 8.95. The number of nitrogens with zero attached hydrogens (tertiary/aromatic N) is 2. The molecule has 9 heteroatoms. The lowest BCUT2D eigenvalue weighted by Gasteiger charge is -2.13. The maximum Gasteiger partial charge on any atom is 0.229 e. The lowest BCUT2D eigenvalue weighted by atomic mass is 10.1. The zero-order chi connectivity index (χ0) is 21.0. The molecule has 1 fully saturated rings. The predicted molar refractivity (Wildman–Crippen MR) is 109 cm³/mol. The highest BCUT2D eigenvalue weighted by molar-refractivity contribution is 7.14. The summed E-state index contributed by atoms with van der Waals surface area (Å²) in [6.07, 6.45) is 0.486. The summed E-state index contributed by atoms with van der Waals surface area (Å²) in [5, 5.41) is 7.85. The molecular formula is C20H22N4O4S. The van der Waals surface area contributed by atoms with Crippen molar-refractivity contribution >= 4 is 40.1 Å². The average molecular weight is 414 g/mol. The molecule has 2 aromatic rings. The summed E-state index contributed by atoms with van der Waals surface area (Å²) < 4.78 is 0. The van der Waals surface area contributed by atoms with Gasteiger partial charge in [0.05, 0.1) is 11.7 Å². The number of amides is 4. The van der Waals surface area contributed by atoms with E-state index in [9.17, 15) is 19.2 Å². The fourth-order valence-corrected chi connectivity index (χ4v) is 3.80. The van der Waals surface area contributed by atoms with Crippen LogP contribution in [0.2, 0.25) is 0 Å². The lowest BCUT2D eigenvalue weighted by molar-refractivity contribution is -0.138. The first-order chi connectivity index (χ1) is 13.8. The van der Waals surface area contributed by atoms with Crippen molar-refractivity contribution in [2.75, 3.05) is 11.9 Å². The quantitative estimate of drug-likeness (QED) is 0.677. The summed E-state index contributed by atoms with van der Waals surface area (Å²) in [5.74, 6) is -0.830. The summed E-state index contributed by atoms with van der Waals surface area (Å²) >= 11 is 1.30. The van der Waals surface area contributed by atoms with Gasteiger partial charge in [0.2, 0.25) is 23.6 Å². The molecule has 0 bridgehead atoms. The summed E-state index contributed by atoms with van der Waals surface area (Å²) in [6.45, 7) is 3.49. The molecule has 1 unspecified atom stereocenters. The molecule has 1 aliphatic rings. The number of hydrogen-bond donors (Lipinski definition) is 2. The Morgan fingerprint density at radius 2 is 1.83 bits per heavy atom. The van der Waals surface area contributed by atoms with Crippen LogP contribution in [0.1, 0.15) is 44.7 Å². The SMILES string of the molecule is CC(=O)NC(C)c1ccc(-c2csc(NC(=O)CCN3C(=O)CCC3=O)n2)cc1. The van der Waals surface area contributed by atoms with Crippen molar-refractivity contribution in [3.8, 4) is 11.3 Å². The van der Waals surface area contributed by atoms with E-state index in [1.54, 1.807) is 0 Å². The molecule has 0 aliphatic carbocycles. The summed E-state index contributed by atoms with van der Waals surface area (Å²) in [5.41, 5.74) is 2.61. The van der Waals surface area contributed by atoms with Gasteiger partial charge >= 0.3 is 0 Å². The molecule has 29 heavy (non-hydrogen) atoms. The Morgan fingerprint density at radius 1 is 1.17 bits per heavy atom. The molecule has 1 aliphatic heterocycles. The highest BCUT2D eigenvalue weighted by atomic mass is 32.1. The Hall–Kier alpha value is -3.07. The van der Waals surface area contributed by atoms with E-state index in [0.29, 0.717) is 5.13 Å². The van der Waals surface area contributed by atoms with E-state index in [4.69, 9.17) is 0 Å². The topological polar surface area (TPSA) is 108 Å². The van der Waals surface area contributed by atoms with Gasteiger partial charge in [-0.1, -0.05) is 24.3 Å². The number of thiazole rings is 1. The van der Waals surface area contributed by atoms with Crippen LogP contribution in [0.25, 0.3) is 11.3 Å². The van der Waals surface area contributed by atoms with Crippen molar-refractivity contribution < 1.29 is 19.2 Å². The molecule has 2 N–H and O–H groups in total. The van der Waals surface area contributed by atoms with Crippen molar-refractivity contribution in [3.05, 3.63) is 35.2 Å². The maximum atomic E-state index is 12.1. The van der Waals surface area contributed by atoms with Gasteiger partial charge in [-0.05, 0) is 12.5 Å². The fourth-order valence-electron chi connectivity index (χ4n) is 3.06. The Morgan fingerprint density at radius 3 is 2.45 bits per heavy atom. The number of hydrogen-bond acceptors (Lipinski definition) is 6.